The molecule has 0 unspecified atom stereocenters. The Kier molecular flexibility index (Phi) is 19.6. The SMILES string of the molecule is c1ccc(-c2nc(-c3ccc4ccccc4c3)nc(-c3ccc4c(-c5ccc6oc7ccccc7c6c5)cccc4c3)n2)cc1.c1ccc(-c2nc(-c3ccccc3)nc(-c3ccc4c(-c5ccc6c(c5)oc5ccccc56)cccc4c3)n2)cc1.c1ccc2cc(-c3nc(-c4ccc5ccccc5c4)nc(-c4ccc5c(-c6ccc7oc8ccccc8c7c6)cccc5c4)n3)ccc2c1. The number of nitrogens with zero attached hydrogens (tertiary/aromatic N) is 9. The van der Waals surface area contributed by atoms with E-state index >= 15 is 0 Å². The summed E-state index contributed by atoms with van der Waals surface area (Å²) >= 11 is 0. The zero-order valence-electron chi connectivity index (χ0n) is 72.6. The Morgan fingerprint density at radius 3 is 0.674 bits per heavy atom. The number of hydrogen-bond donors (Lipinski definition) is 0. The van der Waals surface area contributed by atoms with Crippen LogP contribution in [0.15, 0.2) is 468 Å². The van der Waals surface area contributed by atoms with Crippen LogP contribution in [-0.4, -0.2) is 44.9 Å². The molecule has 0 amide bonds. The number of furan rings is 3. The van der Waals surface area contributed by atoms with Crippen LogP contribution in [0.5, 0.6) is 0 Å². The van der Waals surface area contributed by atoms with Gasteiger partial charge in [0.25, 0.3) is 0 Å². The van der Waals surface area contributed by atoms with Crippen molar-refractivity contribution in [2.75, 3.05) is 0 Å². The van der Waals surface area contributed by atoms with E-state index in [1.165, 1.54) is 32.7 Å². The lowest BCUT2D eigenvalue weighted by Crippen LogP contribution is -2.00. The summed E-state index contributed by atoms with van der Waals surface area (Å²) in [5.74, 6) is 5.84. The number of fused-ring (bicyclic) bond motifs is 15. The first-order valence-electron chi connectivity index (χ1n) is 45.1. The fourth-order valence-electron chi connectivity index (χ4n) is 18.7. The number of benzene rings is 21. The standard InChI is InChI=1S/C45H27N3O.C41H25N3O.C37H23N3O/c1-3-10-30-24-34(18-16-28(30)8-1)43-46-44(35-19-17-29-9-2-4-11-31(29)25-35)48-45(47-43)36-20-22-38-32(26-36)12-7-14-37(38)33-21-23-42-40(27-33)39-13-5-6-15-41(39)49-42;1-2-10-27(11-3-1)39-42-40(31-18-17-26-9-4-5-12-28(26)23-31)44-41(43-39)32-19-21-34-29(24-32)13-8-15-33(34)30-20-22-38-36(25-30)35-14-6-7-16-37(35)45-38;1-3-10-24(11-4-1)35-38-36(25-12-5-2-6-13-25)40-37(39-35)28-19-20-30-26(22-28)14-9-16-29(30)27-18-21-32-31-15-7-8-17-33(31)41-34(32)23-27/h1-27H;1-25H;1-23H. The molecular weight excluding hydrogens is 1650 g/mol. The summed E-state index contributed by atoms with van der Waals surface area (Å²) in [6.45, 7) is 0. The van der Waals surface area contributed by atoms with E-state index in [1.807, 2.05) is 133 Å². The van der Waals surface area contributed by atoms with Crippen LogP contribution >= 0.6 is 0 Å². The van der Waals surface area contributed by atoms with Crippen molar-refractivity contribution in [3.63, 3.8) is 0 Å². The molecule has 630 valence electrons. The van der Waals surface area contributed by atoms with Gasteiger partial charge in [0, 0.05) is 82.4 Å². The lowest BCUT2D eigenvalue weighted by atomic mass is 9.95. The van der Waals surface area contributed by atoms with E-state index in [0.29, 0.717) is 52.4 Å². The highest BCUT2D eigenvalue weighted by molar-refractivity contribution is 6.12. The third kappa shape index (κ3) is 15.1. The molecule has 135 heavy (non-hydrogen) atoms. The molecule has 6 heterocycles. The second-order valence-corrected chi connectivity index (χ2v) is 33.9. The van der Waals surface area contributed by atoms with Gasteiger partial charge < -0.3 is 13.3 Å². The maximum Gasteiger partial charge on any atom is 0.164 e. The van der Waals surface area contributed by atoms with Crippen LogP contribution in [0.3, 0.4) is 0 Å². The molecule has 6 aromatic heterocycles. The van der Waals surface area contributed by atoms with Gasteiger partial charge in [0.1, 0.15) is 33.5 Å². The third-order valence-corrected chi connectivity index (χ3v) is 25.5. The van der Waals surface area contributed by atoms with Gasteiger partial charge in [-0.1, -0.05) is 364 Å². The summed E-state index contributed by atoms with van der Waals surface area (Å²) in [5.41, 5.74) is 20.9. The van der Waals surface area contributed by atoms with Crippen molar-refractivity contribution in [2.45, 2.75) is 0 Å². The average Bonchev–Trinajstić information content (AvgIpc) is 1.01. The van der Waals surface area contributed by atoms with Gasteiger partial charge in [-0.15, -0.1) is 0 Å². The van der Waals surface area contributed by atoms with E-state index in [0.717, 1.165) is 181 Å². The van der Waals surface area contributed by atoms with Crippen molar-refractivity contribution in [3.8, 4) is 136 Å². The van der Waals surface area contributed by atoms with Crippen LogP contribution in [0.4, 0.5) is 0 Å². The second kappa shape index (κ2) is 33.6. The molecule has 12 heteroatoms. The molecule has 0 spiro atoms. The predicted molar refractivity (Wildman–Crippen MR) is 552 cm³/mol. The Balaban J connectivity index is 0.000000108. The highest BCUT2D eigenvalue weighted by Gasteiger charge is 2.22. The Labute approximate surface area is 774 Å². The molecule has 0 saturated carbocycles. The maximum atomic E-state index is 6.18. The van der Waals surface area contributed by atoms with Crippen LogP contribution in [0.2, 0.25) is 0 Å². The molecule has 0 aliphatic rings. The molecule has 27 rings (SSSR count). The van der Waals surface area contributed by atoms with E-state index in [-0.39, 0.29) is 0 Å². The van der Waals surface area contributed by atoms with Crippen molar-refractivity contribution >= 4 is 130 Å². The highest BCUT2D eigenvalue weighted by atomic mass is 16.3. The highest BCUT2D eigenvalue weighted by Crippen LogP contribution is 2.43. The van der Waals surface area contributed by atoms with Crippen molar-refractivity contribution < 1.29 is 13.3 Å². The zero-order chi connectivity index (χ0) is 89.2. The van der Waals surface area contributed by atoms with Crippen molar-refractivity contribution in [3.05, 3.63) is 455 Å². The number of hydrogen-bond acceptors (Lipinski definition) is 12. The van der Waals surface area contributed by atoms with Gasteiger partial charge in [0.2, 0.25) is 0 Å². The van der Waals surface area contributed by atoms with Crippen LogP contribution < -0.4 is 0 Å². The van der Waals surface area contributed by atoms with Crippen LogP contribution in [0.25, 0.3) is 266 Å². The largest absolute Gasteiger partial charge is 0.456 e. The average molecular weight is 1730 g/mol. The fourth-order valence-corrected chi connectivity index (χ4v) is 18.7. The molecule has 0 aliphatic heterocycles. The van der Waals surface area contributed by atoms with Crippen molar-refractivity contribution in [1.29, 1.82) is 0 Å². The summed E-state index contributed by atoms with van der Waals surface area (Å²) in [4.78, 5) is 44.8. The lowest BCUT2D eigenvalue weighted by Gasteiger charge is -2.11. The van der Waals surface area contributed by atoms with Gasteiger partial charge in [-0.2, -0.15) is 0 Å². The van der Waals surface area contributed by atoms with Crippen molar-refractivity contribution in [2.24, 2.45) is 0 Å². The third-order valence-electron chi connectivity index (χ3n) is 25.5. The minimum atomic E-state index is 0.639. The topological polar surface area (TPSA) is 155 Å². The summed E-state index contributed by atoms with van der Waals surface area (Å²) in [5, 5.41) is 20.6. The van der Waals surface area contributed by atoms with E-state index < -0.39 is 0 Å². The fraction of sp³-hybridized carbons (Fsp3) is 0. The minimum absolute atomic E-state index is 0.639. The quantitative estimate of drug-likeness (QED) is 0.114. The van der Waals surface area contributed by atoms with Gasteiger partial charge in [-0.3, -0.25) is 0 Å². The molecular formula is C123H75N9O3. The Morgan fingerprint density at radius 1 is 0.111 bits per heavy atom. The normalized spacial score (nSPS) is 11.6. The van der Waals surface area contributed by atoms with Crippen LogP contribution in [0.1, 0.15) is 0 Å². The van der Waals surface area contributed by atoms with Gasteiger partial charge in [-0.25, -0.2) is 44.9 Å². The molecule has 0 aliphatic carbocycles. The van der Waals surface area contributed by atoms with Gasteiger partial charge in [0.05, 0.1) is 0 Å². The van der Waals surface area contributed by atoms with E-state index in [4.69, 9.17) is 58.1 Å². The predicted octanol–water partition coefficient (Wildman–Crippen LogP) is 32.2. The molecule has 0 bridgehead atoms. The van der Waals surface area contributed by atoms with Gasteiger partial charge >= 0.3 is 0 Å². The monoisotopic (exact) mass is 1730 g/mol. The van der Waals surface area contributed by atoms with Gasteiger partial charge in [0.15, 0.2) is 52.4 Å². The molecule has 0 N–H and O–H groups in total. The lowest BCUT2D eigenvalue weighted by molar-refractivity contribution is 0.668. The maximum absolute atomic E-state index is 6.18. The Morgan fingerprint density at radius 2 is 0.333 bits per heavy atom. The molecule has 21 aromatic carbocycles. The van der Waals surface area contributed by atoms with Crippen molar-refractivity contribution in [1.82, 2.24) is 44.9 Å². The molecule has 0 fully saturated rings. The molecule has 27 aromatic rings. The molecule has 12 nitrogen and oxygen atoms in total. The summed E-state index contributed by atoms with van der Waals surface area (Å²) in [6.07, 6.45) is 0. The smallest absolute Gasteiger partial charge is 0.164 e. The summed E-state index contributed by atoms with van der Waals surface area (Å²) < 4.78 is 18.4. The van der Waals surface area contributed by atoms with E-state index in [9.17, 15) is 0 Å². The Hall–Kier alpha value is -18.4. The first-order chi connectivity index (χ1) is 66.8. The molecule has 0 radical (unpaired) electrons. The number of rotatable bonds is 12. The van der Waals surface area contributed by atoms with Crippen LogP contribution in [0, 0.1) is 0 Å². The van der Waals surface area contributed by atoms with E-state index in [2.05, 4.69) is 322 Å². The molecule has 0 atom stereocenters. The molecule has 0 saturated heterocycles. The Bertz CT molecular complexity index is 9200. The van der Waals surface area contributed by atoms with Gasteiger partial charge in [-0.05, 0) is 189 Å². The zero-order valence-corrected chi connectivity index (χ0v) is 72.6. The summed E-state index contributed by atoms with van der Waals surface area (Å²) in [7, 11) is 0. The number of para-hydroxylation sites is 3. The first-order valence-corrected chi connectivity index (χ1v) is 45.1. The van der Waals surface area contributed by atoms with E-state index in [1.54, 1.807) is 0 Å². The second-order valence-electron chi connectivity index (χ2n) is 33.9. The first kappa shape index (κ1) is 78.8. The summed E-state index contributed by atoms with van der Waals surface area (Å²) in [6, 6.07) is 157. The van der Waals surface area contributed by atoms with Crippen LogP contribution in [-0.2, 0) is 0 Å². The minimum Gasteiger partial charge on any atom is -0.456 e. The number of aromatic nitrogens is 9.